The average molecular weight is 395 g/mol. The number of amides is 1. The van der Waals surface area contributed by atoms with Crippen molar-refractivity contribution in [1.82, 2.24) is 0 Å². The van der Waals surface area contributed by atoms with Gasteiger partial charge in [-0.25, -0.2) is 0 Å². The van der Waals surface area contributed by atoms with E-state index >= 15 is 0 Å². The first kappa shape index (κ1) is 15.6. The van der Waals surface area contributed by atoms with Crippen LogP contribution in [0.5, 0.6) is 0 Å². The smallest absolute Gasteiger partial charge is 0.243 e. The summed E-state index contributed by atoms with van der Waals surface area (Å²) in [5.74, 6) is -0.0637. The van der Waals surface area contributed by atoms with E-state index < -0.39 is 0 Å². The van der Waals surface area contributed by atoms with E-state index in [-0.39, 0.29) is 12.5 Å². The molecule has 0 saturated carbocycles. The number of hydrogen-bond acceptors (Lipinski definition) is 3. The van der Waals surface area contributed by atoms with Crippen molar-refractivity contribution in [2.75, 3.05) is 36.2 Å². The molecule has 0 bridgehead atoms. The Labute approximate surface area is 138 Å². The molecule has 0 radical (unpaired) electrons. The minimum absolute atomic E-state index is 0.0637. The number of nitrogens with zero attached hydrogens (tertiary/aromatic N) is 1. The number of carbonyl (C=O) groups is 1. The zero-order chi connectivity index (χ0) is 15.2. The highest BCUT2D eigenvalue weighted by atomic mass is 127. The summed E-state index contributed by atoms with van der Waals surface area (Å²) in [5.41, 5.74) is 2.84. The normalized spacial score (nSPS) is 10.0. The van der Waals surface area contributed by atoms with Crippen LogP contribution in [0.4, 0.5) is 17.1 Å². The molecule has 0 spiro atoms. The SMILES string of the molecule is CN(C)c1ccc(NC(=O)CNc2ccc(I)cc2)cc1. The van der Waals surface area contributed by atoms with Gasteiger partial charge in [0.25, 0.3) is 0 Å². The monoisotopic (exact) mass is 395 g/mol. The number of anilines is 3. The maximum Gasteiger partial charge on any atom is 0.243 e. The van der Waals surface area contributed by atoms with Gasteiger partial charge in [-0.05, 0) is 71.1 Å². The molecular formula is C16H18IN3O. The van der Waals surface area contributed by atoms with Gasteiger partial charge < -0.3 is 15.5 Å². The van der Waals surface area contributed by atoms with E-state index in [1.54, 1.807) is 0 Å². The Bertz CT molecular complexity index is 594. The molecule has 2 aromatic rings. The molecule has 0 unspecified atom stereocenters. The van der Waals surface area contributed by atoms with Crippen LogP contribution in [-0.4, -0.2) is 26.5 Å². The maximum absolute atomic E-state index is 11.9. The van der Waals surface area contributed by atoms with E-state index in [9.17, 15) is 4.79 Å². The minimum Gasteiger partial charge on any atom is -0.378 e. The predicted molar refractivity (Wildman–Crippen MR) is 97.0 cm³/mol. The van der Waals surface area contributed by atoms with Crippen LogP contribution in [0, 0.1) is 3.57 Å². The molecule has 2 aromatic carbocycles. The number of carbonyl (C=O) groups excluding carboxylic acids is 1. The van der Waals surface area contributed by atoms with Crippen molar-refractivity contribution >= 4 is 45.6 Å². The Morgan fingerprint density at radius 2 is 1.57 bits per heavy atom. The topological polar surface area (TPSA) is 44.4 Å². The van der Waals surface area contributed by atoms with Gasteiger partial charge in [0, 0.05) is 34.7 Å². The van der Waals surface area contributed by atoms with Crippen LogP contribution in [0.2, 0.25) is 0 Å². The fourth-order valence-corrected chi connectivity index (χ4v) is 2.16. The molecule has 0 fully saturated rings. The summed E-state index contributed by atoms with van der Waals surface area (Å²) in [7, 11) is 3.97. The zero-order valence-corrected chi connectivity index (χ0v) is 14.2. The fourth-order valence-electron chi connectivity index (χ4n) is 1.80. The van der Waals surface area contributed by atoms with E-state index in [0.717, 1.165) is 17.1 Å². The highest BCUT2D eigenvalue weighted by Crippen LogP contribution is 2.15. The van der Waals surface area contributed by atoms with Crippen LogP contribution in [0.25, 0.3) is 0 Å². The molecule has 0 aliphatic heterocycles. The van der Waals surface area contributed by atoms with Crippen molar-refractivity contribution in [2.24, 2.45) is 0 Å². The third-order valence-corrected chi connectivity index (χ3v) is 3.68. The first-order valence-corrected chi connectivity index (χ1v) is 7.69. The fraction of sp³-hybridized carbons (Fsp3) is 0.188. The second kappa shape index (κ2) is 7.31. The Morgan fingerprint density at radius 3 is 2.14 bits per heavy atom. The van der Waals surface area contributed by atoms with Crippen LogP contribution in [-0.2, 0) is 4.79 Å². The van der Waals surface area contributed by atoms with Crippen molar-refractivity contribution in [3.05, 3.63) is 52.1 Å². The van der Waals surface area contributed by atoms with Gasteiger partial charge in [-0.2, -0.15) is 0 Å². The molecule has 0 atom stereocenters. The molecule has 0 aliphatic rings. The molecule has 0 aromatic heterocycles. The maximum atomic E-state index is 11.9. The summed E-state index contributed by atoms with van der Waals surface area (Å²) in [4.78, 5) is 13.9. The lowest BCUT2D eigenvalue weighted by molar-refractivity contribution is -0.114. The van der Waals surface area contributed by atoms with Gasteiger partial charge in [0.15, 0.2) is 0 Å². The molecule has 2 N–H and O–H groups in total. The number of hydrogen-bond donors (Lipinski definition) is 2. The van der Waals surface area contributed by atoms with E-state index in [2.05, 4.69) is 33.2 Å². The largest absolute Gasteiger partial charge is 0.378 e. The van der Waals surface area contributed by atoms with Crippen LogP contribution in [0.1, 0.15) is 0 Å². The molecule has 4 nitrogen and oxygen atoms in total. The summed E-state index contributed by atoms with van der Waals surface area (Å²) in [5, 5.41) is 5.97. The van der Waals surface area contributed by atoms with Gasteiger partial charge in [0.05, 0.1) is 6.54 Å². The van der Waals surface area contributed by atoms with Crippen molar-refractivity contribution in [1.29, 1.82) is 0 Å². The molecule has 1 amide bonds. The minimum atomic E-state index is -0.0637. The standard InChI is InChI=1S/C16H18IN3O/c1-20(2)15-9-7-14(8-10-15)19-16(21)11-18-13-5-3-12(17)4-6-13/h3-10,18H,11H2,1-2H3,(H,19,21). The lowest BCUT2D eigenvalue weighted by Gasteiger charge is -2.13. The second-order valence-corrected chi connectivity index (χ2v) is 6.10. The molecule has 110 valence electrons. The summed E-state index contributed by atoms with van der Waals surface area (Å²) < 4.78 is 1.17. The van der Waals surface area contributed by atoms with Gasteiger partial charge >= 0.3 is 0 Å². The molecule has 21 heavy (non-hydrogen) atoms. The number of rotatable bonds is 5. The Balaban J connectivity index is 1.85. The van der Waals surface area contributed by atoms with Crippen molar-refractivity contribution in [3.8, 4) is 0 Å². The molecule has 0 heterocycles. The average Bonchev–Trinajstić information content (AvgIpc) is 2.47. The van der Waals surface area contributed by atoms with Gasteiger partial charge in [-0.1, -0.05) is 0 Å². The Morgan fingerprint density at radius 1 is 1.00 bits per heavy atom. The zero-order valence-electron chi connectivity index (χ0n) is 12.1. The molecular weight excluding hydrogens is 377 g/mol. The third-order valence-electron chi connectivity index (χ3n) is 2.96. The molecule has 5 heteroatoms. The molecule has 0 saturated heterocycles. The lowest BCUT2D eigenvalue weighted by Crippen LogP contribution is -2.21. The lowest BCUT2D eigenvalue weighted by atomic mass is 10.2. The first-order chi connectivity index (χ1) is 10.0. The van der Waals surface area contributed by atoms with Crippen LogP contribution in [0.15, 0.2) is 48.5 Å². The van der Waals surface area contributed by atoms with Crippen molar-refractivity contribution in [2.45, 2.75) is 0 Å². The Hall–Kier alpha value is -1.76. The number of benzene rings is 2. The van der Waals surface area contributed by atoms with Crippen molar-refractivity contribution in [3.63, 3.8) is 0 Å². The molecule has 2 rings (SSSR count). The van der Waals surface area contributed by atoms with E-state index in [0.29, 0.717) is 0 Å². The van der Waals surface area contributed by atoms with Crippen molar-refractivity contribution < 1.29 is 4.79 Å². The highest BCUT2D eigenvalue weighted by molar-refractivity contribution is 14.1. The van der Waals surface area contributed by atoms with Crippen LogP contribution >= 0.6 is 22.6 Å². The number of nitrogens with one attached hydrogen (secondary N) is 2. The van der Waals surface area contributed by atoms with Gasteiger partial charge in [0.1, 0.15) is 0 Å². The van der Waals surface area contributed by atoms with Crippen LogP contribution in [0.3, 0.4) is 0 Å². The van der Waals surface area contributed by atoms with E-state index in [4.69, 9.17) is 0 Å². The highest BCUT2D eigenvalue weighted by Gasteiger charge is 2.03. The Kier molecular flexibility index (Phi) is 5.44. The quantitative estimate of drug-likeness (QED) is 0.763. The molecule has 0 aliphatic carbocycles. The predicted octanol–water partition coefficient (Wildman–Crippen LogP) is 3.41. The number of halogens is 1. The van der Waals surface area contributed by atoms with E-state index in [1.807, 2.05) is 67.5 Å². The van der Waals surface area contributed by atoms with Gasteiger partial charge in [-0.3, -0.25) is 4.79 Å². The summed E-state index contributed by atoms with van der Waals surface area (Å²) >= 11 is 2.25. The van der Waals surface area contributed by atoms with Gasteiger partial charge in [-0.15, -0.1) is 0 Å². The summed E-state index contributed by atoms with van der Waals surface area (Å²) in [6.45, 7) is 0.246. The summed E-state index contributed by atoms with van der Waals surface area (Å²) in [6, 6.07) is 15.7. The van der Waals surface area contributed by atoms with Crippen LogP contribution < -0.4 is 15.5 Å². The second-order valence-electron chi connectivity index (χ2n) is 4.85. The van der Waals surface area contributed by atoms with Gasteiger partial charge in [0.2, 0.25) is 5.91 Å². The third kappa shape index (κ3) is 4.93. The summed E-state index contributed by atoms with van der Waals surface area (Å²) in [6.07, 6.45) is 0. The first-order valence-electron chi connectivity index (χ1n) is 6.61. The van der Waals surface area contributed by atoms with E-state index in [1.165, 1.54) is 3.57 Å².